The summed E-state index contributed by atoms with van der Waals surface area (Å²) in [5, 5.41) is 0. The third-order valence-corrected chi connectivity index (χ3v) is 4.29. The minimum absolute atomic E-state index is 0.00817. The molecule has 1 aromatic rings. The molecule has 0 N–H and O–H groups in total. The molecule has 4 heteroatoms. The van der Waals surface area contributed by atoms with Gasteiger partial charge in [0.15, 0.2) is 0 Å². The standard InChI is InChI=1S/C20H25FO3/c1-6-23-17-12-16-14(9-8-10-20(16,4)5)11-15(17)13(3)18(21)19(22)24-7-2/h8-9,11-12H,6-7,10H2,1-5H3/b18-13+. The van der Waals surface area contributed by atoms with E-state index in [0.29, 0.717) is 17.9 Å². The summed E-state index contributed by atoms with van der Waals surface area (Å²) < 4.78 is 24.9. The number of carbonyl (C=O) groups is 1. The van der Waals surface area contributed by atoms with Gasteiger partial charge in [0.05, 0.1) is 13.2 Å². The zero-order chi connectivity index (χ0) is 17.9. The number of halogens is 1. The minimum atomic E-state index is -0.939. The molecule has 2 rings (SSSR count). The van der Waals surface area contributed by atoms with E-state index in [2.05, 4.69) is 19.9 Å². The van der Waals surface area contributed by atoms with Gasteiger partial charge in [0, 0.05) is 11.1 Å². The number of hydrogen-bond acceptors (Lipinski definition) is 3. The van der Waals surface area contributed by atoms with Gasteiger partial charge >= 0.3 is 5.97 Å². The van der Waals surface area contributed by atoms with Crippen molar-refractivity contribution >= 4 is 17.6 Å². The van der Waals surface area contributed by atoms with Crippen LogP contribution in [0.5, 0.6) is 5.75 Å². The number of esters is 1. The summed E-state index contributed by atoms with van der Waals surface area (Å²) in [7, 11) is 0. The smallest absolute Gasteiger partial charge is 0.367 e. The Bertz CT molecular complexity index is 699. The van der Waals surface area contributed by atoms with Crippen molar-refractivity contribution in [3.05, 3.63) is 40.7 Å². The minimum Gasteiger partial charge on any atom is -0.493 e. The fourth-order valence-corrected chi connectivity index (χ4v) is 2.94. The summed E-state index contributed by atoms with van der Waals surface area (Å²) in [4.78, 5) is 11.7. The third-order valence-electron chi connectivity index (χ3n) is 4.29. The highest BCUT2D eigenvalue weighted by Gasteiger charge is 2.27. The molecular weight excluding hydrogens is 307 g/mol. The van der Waals surface area contributed by atoms with Crippen molar-refractivity contribution in [2.45, 2.75) is 46.5 Å². The van der Waals surface area contributed by atoms with Crippen molar-refractivity contribution in [2.75, 3.05) is 13.2 Å². The third kappa shape index (κ3) is 3.53. The van der Waals surface area contributed by atoms with Gasteiger partial charge in [-0.2, -0.15) is 4.39 Å². The molecular formula is C20H25FO3. The Hall–Kier alpha value is -2.10. The predicted octanol–water partition coefficient (Wildman–Crippen LogP) is 5.04. The monoisotopic (exact) mass is 332 g/mol. The molecule has 0 unspecified atom stereocenters. The van der Waals surface area contributed by atoms with Gasteiger partial charge < -0.3 is 9.47 Å². The van der Waals surface area contributed by atoms with Crippen LogP contribution in [0, 0.1) is 0 Å². The second-order valence-corrected chi connectivity index (χ2v) is 6.52. The van der Waals surface area contributed by atoms with Crippen molar-refractivity contribution in [3.63, 3.8) is 0 Å². The lowest BCUT2D eigenvalue weighted by Gasteiger charge is -2.30. The highest BCUT2D eigenvalue weighted by atomic mass is 19.1. The van der Waals surface area contributed by atoms with Gasteiger partial charge in [-0.25, -0.2) is 4.79 Å². The number of benzene rings is 1. The van der Waals surface area contributed by atoms with Crippen LogP contribution in [0.25, 0.3) is 11.6 Å². The number of carbonyl (C=O) groups excluding carboxylic acids is 1. The summed E-state index contributed by atoms with van der Waals surface area (Å²) >= 11 is 0. The molecule has 130 valence electrons. The van der Waals surface area contributed by atoms with E-state index in [1.165, 1.54) is 5.56 Å². The average Bonchev–Trinajstić information content (AvgIpc) is 2.54. The van der Waals surface area contributed by atoms with Gasteiger partial charge in [-0.15, -0.1) is 0 Å². The van der Waals surface area contributed by atoms with E-state index in [1.807, 2.05) is 25.1 Å². The molecule has 1 aliphatic carbocycles. The van der Waals surface area contributed by atoms with Gasteiger partial charge in [0.2, 0.25) is 5.83 Å². The van der Waals surface area contributed by atoms with Gasteiger partial charge in [-0.1, -0.05) is 26.0 Å². The summed E-state index contributed by atoms with van der Waals surface area (Å²) in [6.07, 6.45) is 5.10. The summed E-state index contributed by atoms with van der Waals surface area (Å²) in [5.41, 5.74) is 3.01. The first-order valence-corrected chi connectivity index (χ1v) is 8.33. The van der Waals surface area contributed by atoms with Crippen LogP contribution < -0.4 is 4.74 Å². The van der Waals surface area contributed by atoms with E-state index >= 15 is 0 Å². The lowest BCUT2D eigenvalue weighted by molar-refractivity contribution is -0.140. The maximum absolute atomic E-state index is 14.4. The van der Waals surface area contributed by atoms with E-state index in [1.54, 1.807) is 13.8 Å². The molecule has 0 radical (unpaired) electrons. The number of ether oxygens (including phenoxy) is 2. The molecule has 0 aliphatic heterocycles. The van der Waals surface area contributed by atoms with Crippen molar-refractivity contribution in [3.8, 4) is 5.75 Å². The Kier molecular flexibility index (Phi) is 5.47. The normalized spacial score (nSPS) is 16.2. The van der Waals surface area contributed by atoms with Crippen LogP contribution in [-0.2, 0) is 14.9 Å². The largest absolute Gasteiger partial charge is 0.493 e. The first kappa shape index (κ1) is 18.2. The van der Waals surface area contributed by atoms with Gasteiger partial charge in [0.25, 0.3) is 0 Å². The molecule has 0 saturated heterocycles. The first-order valence-electron chi connectivity index (χ1n) is 8.33. The van der Waals surface area contributed by atoms with Crippen molar-refractivity contribution < 1.29 is 18.7 Å². The summed E-state index contributed by atoms with van der Waals surface area (Å²) in [6.45, 7) is 10.1. The summed E-state index contributed by atoms with van der Waals surface area (Å²) in [5.74, 6) is -1.22. The highest BCUT2D eigenvalue weighted by molar-refractivity contribution is 5.96. The molecule has 0 spiro atoms. The average molecular weight is 332 g/mol. The lowest BCUT2D eigenvalue weighted by Crippen LogP contribution is -2.20. The van der Waals surface area contributed by atoms with Crippen LogP contribution in [0.4, 0.5) is 4.39 Å². The Balaban J connectivity index is 2.60. The molecule has 0 aromatic heterocycles. The molecule has 1 aliphatic rings. The second-order valence-electron chi connectivity index (χ2n) is 6.52. The fraction of sp³-hybridized carbons (Fsp3) is 0.450. The van der Waals surface area contributed by atoms with Crippen LogP contribution in [0.2, 0.25) is 0 Å². The Morgan fingerprint density at radius 3 is 2.58 bits per heavy atom. The molecule has 0 amide bonds. The lowest BCUT2D eigenvalue weighted by atomic mass is 9.75. The molecule has 24 heavy (non-hydrogen) atoms. The quantitative estimate of drug-likeness (QED) is 0.559. The maximum atomic E-state index is 14.4. The van der Waals surface area contributed by atoms with E-state index < -0.39 is 11.8 Å². The predicted molar refractivity (Wildman–Crippen MR) is 94.6 cm³/mol. The fourth-order valence-electron chi connectivity index (χ4n) is 2.94. The zero-order valence-electron chi connectivity index (χ0n) is 15.0. The Morgan fingerprint density at radius 2 is 1.96 bits per heavy atom. The van der Waals surface area contributed by atoms with Gasteiger partial charge in [-0.3, -0.25) is 0 Å². The Labute approximate surface area is 143 Å². The highest BCUT2D eigenvalue weighted by Crippen LogP contribution is 2.41. The molecule has 0 atom stereocenters. The number of allylic oxidation sites excluding steroid dienone is 2. The van der Waals surface area contributed by atoms with Crippen LogP contribution >= 0.6 is 0 Å². The molecule has 0 heterocycles. The maximum Gasteiger partial charge on any atom is 0.367 e. The van der Waals surface area contributed by atoms with Crippen LogP contribution in [-0.4, -0.2) is 19.2 Å². The summed E-state index contributed by atoms with van der Waals surface area (Å²) in [6, 6.07) is 3.87. The molecule has 1 aromatic carbocycles. The molecule has 0 saturated carbocycles. The zero-order valence-corrected chi connectivity index (χ0v) is 15.0. The van der Waals surface area contributed by atoms with Crippen molar-refractivity contribution in [2.24, 2.45) is 0 Å². The van der Waals surface area contributed by atoms with E-state index in [4.69, 9.17) is 9.47 Å². The molecule has 0 fully saturated rings. The SMILES string of the molecule is CCOC(=O)/C(F)=C(/C)c1cc2c(cc1OCC)C(C)(C)CC=C2. The number of hydrogen-bond donors (Lipinski definition) is 0. The first-order chi connectivity index (χ1) is 11.3. The van der Waals surface area contributed by atoms with Crippen molar-refractivity contribution in [1.29, 1.82) is 0 Å². The van der Waals surface area contributed by atoms with Gasteiger partial charge in [-0.05, 0) is 55.9 Å². The molecule has 0 bridgehead atoms. The van der Waals surface area contributed by atoms with Crippen LogP contribution in [0.3, 0.4) is 0 Å². The van der Waals surface area contributed by atoms with Gasteiger partial charge in [0.1, 0.15) is 5.75 Å². The molecule has 3 nitrogen and oxygen atoms in total. The second kappa shape index (κ2) is 7.20. The number of rotatable bonds is 5. The van der Waals surface area contributed by atoms with Crippen molar-refractivity contribution in [1.82, 2.24) is 0 Å². The number of fused-ring (bicyclic) bond motifs is 1. The van der Waals surface area contributed by atoms with E-state index in [-0.39, 0.29) is 17.6 Å². The van der Waals surface area contributed by atoms with E-state index in [0.717, 1.165) is 12.0 Å². The van der Waals surface area contributed by atoms with Crippen LogP contribution in [0.1, 0.15) is 57.7 Å². The topological polar surface area (TPSA) is 35.5 Å². The van der Waals surface area contributed by atoms with E-state index in [9.17, 15) is 9.18 Å². The Morgan fingerprint density at radius 1 is 1.25 bits per heavy atom. The van der Waals surface area contributed by atoms with Crippen LogP contribution in [0.15, 0.2) is 24.0 Å².